The Hall–Kier alpha value is -4.45. The van der Waals surface area contributed by atoms with Crippen molar-refractivity contribution in [1.82, 2.24) is 10.2 Å². The molecular formula is C35H37N3O3. The minimum atomic E-state index is -0.667. The maximum absolute atomic E-state index is 13.9. The van der Waals surface area contributed by atoms with Crippen molar-refractivity contribution in [3.8, 4) is 0 Å². The normalized spacial score (nSPS) is 13.1. The van der Waals surface area contributed by atoms with E-state index < -0.39 is 6.04 Å². The number of anilines is 1. The molecular weight excluding hydrogens is 510 g/mol. The van der Waals surface area contributed by atoms with Gasteiger partial charge in [0, 0.05) is 42.9 Å². The summed E-state index contributed by atoms with van der Waals surface area (Å²) >= 11 is 0. The fourth-order valence-corrected chi connectivity index (χ4v) is 5.56. The fourth-order valence-electron chi connectivity index (χ4n) is 5.56. The number of benzene rings is 4. The summed E-state index contributed by atoms with van der Waals surface area (Å²) in [4.78, 5) is 44.2. The topological polar surface area (TPSA) is 69.7 Å². The largest absolute Gasteiger partial charge is 0.352 e. The first-order chi connectivity index (χ1) is 19.8. The Morgan fingerprint density at radius 1 is 0.854 bits per heavy atom. The van der Waals surface area contributed by atoms with Gasteiger partial charge < -0.3 is 15.1 Å². The number of amides is 3. The van der Waals surface area contributed by atoms with E-state index in [-0.39, 0.29) is 30.2 Å². The Morgan fingerprint density at radius 2 is 1.56 bits per heavy atom. The van der Waals surface area contributed by atoms with Crippen LogP contribution in [-0.4, -0.2) is 41.2 Å². The molecule has 0 unspecified atom stereocenters. The molecule has 1 N–H and O–H groups in total. The van der Waals surface area contributed by atoms with Crippen molar-refractivity contribution in [2.45, 2.75) is 58.7 Å². The summed E-state index contributed by atoms with van der Waals surface area (Å²) in [5.41, 5.74) is 4.70. The van der Waals surface area contributed by atoms with Gasteiger partial charge in [0.2, 0.25) is 11.8 Å². The van der Waals surface area contributed by atoms with Crippen molar-refractivity contribution in [2.75, 3.05) is 11.4 Å². The van der Waals surface area contributed by atoms with Crippen LogP contribution in [-0.2, 0) is 22.6 Å². The van der Waals surface area contributed by atoms with Crippen molar-refractivity contribution in [1.29, 1.82) is 0 Å². The molecule has 0 aromatic heterocycles. The van der Waals surface area contributed by atoms with Gasteiger partial charge in [0.25, 0.3) is 5.91 Å². The van der Waals surface area contributed by atoms with Crippen LogP contribution in [0.15, 0.2) is 91.0 Å². The zero-order chi connectivity index (χ0) is 28.9. The lowest BCUT2D eigenvalue weighted by Gasteiger charge is -2.32. The maximum Gasteiger partial charge on any atom is 0.258 e. The number of nitrogens with zero attached hydrogens (tertiary/aromatic N) is 2. The van der Waals surface area contributed by atoms with Gasteiger partial charge in [-0.15, -0.1) is 0 Å². The molecule has 1 aliphatic heterocycles. The Balaban J connectivity index is 1.37. The molecule has 0 spiro atoms. The first-order valence-electron chi connectivity index (χ1n) is 14.3. The zero-order valence-electron chi connectivity index (χ0n) is 24.0. The highest BCUT2D eigenvalue weighted by molar-refractivity contribution is 6.25. The molecule has 4 aromatic rings. The average Bonchev–Trinajstić information content (AvgIpc) is 3.24. The molecule has 0 aliphatic carbocycles. The van der Waals surface area contributed by atoms with Crippen molar-refractivity contribution in [3.63, 3.8) is 0 Å². The summed E-state index contributed by atoms with van der Waals surface area (Å²) in [6.07, 6.45) is 1.13. The number of rotatable bonds is 11. The molecule has 0 radical (unpaired) electrons. The molecule has 0 bridgehead atoms. The van der Waals surface area contributed by atoms with Crippen molar-refractivity contribution in [3.05, 3.63) is 113 Å². The average molecular weight is 548 g/mol. The summed E-state index contributed by atoms with van der Waals surface area (Å²) in [5.74, 6) is -0.298. The summed E-state index contributed by atoms with van der Waals surface area (Å²) in [7, 11) is 0. The van der Waals surface area contributed by atoms with E-state index in [9.17, 15) is 14.4 Å². The number of aryl methyl sites for hydroxylation is 1. The van der Waals surface area contributed by atoms with Crippen LogP contribution in [0.3, 0.4) is 0 Å². The van der Waals surface area contributed by atoms with Crippen molar-refractivity contribution < 1.29 is 14.4 Å². The van der Waals surface area contributed by atoms with Gasteiger partial charge in [-0.3, -0.25) is 14.4 Å². The molecule has 1 aliphatic rings. The molecule has 0 saturated carbocycles. The van der Waals surface area contributed by atoms with E-state index in [1.807, 2.05) is 112 Å². The van der Waals surface area contributed by atoms with Gasteiger partial charge in [-0.2, -0.15) is 0 Å². The smallest absolute Gasteiger partial charge is 0.258 e. The molecule has 1 atom stereocenters. The fraction of sp³-hybridized carbons (Fsp3) is 0.286. The quantitative estimate of drug-likeness (QED) is 0.248. The zero-order valence-corrected chi connectivity index (χ0v) is 24.0. The number of nitrogens with one attached hydrogen (secondary N) is 1. The third-order valence-electron chi connectivity index (χ3n) is 7.60. The first-order valence-corrected chi connectivity index (χ1v) is 14.3. The van der Waals surface area contributed by atoms with Crippen LogP contribution in [0.5, 0.6) is 0 Å². The number of carbonyl (C=O) groups excluding carboxylic acids is 3. The van der Waals surface area contributed by atoms with Gasteiger partial charge in [0.05, 0.1) is 5.69 Å². The summed E-state index contributed by atoms with van der Waals surface area (Å²) < 4.78 is 0. The Morgan fingerprint density at radius 3 is 2.27 bits per heavy atom. The lowest BCUT2D eigenvalue weighted by molar-refractivity contribution is -0.141. The van der Waals surface area contributed by atoms with Gasteiger partial charge >= 0.3 is 0 Å². The van der Waals surface area contributed by atoms with E-state index in [0.29, 0.717) is 31.5 Å². The summed E-state index contributed by atoms with van der Waals surface area (Å²) in [5, 5.41) is 5.05. The van der Waals surface area contributed by atoms with Crippen LogP contribution in [0.4, 0.5) is 5.69 Å². The minimum Gasteiger partial charge on any atom is -0.352 e. The van der Waals surface area contributed by atoms with Crippen molar-refractivity contribution in [2.24, 2.45) is 0 Å². The van der Waals surface area contributed by atoms with E-state index in [1.54, 1.807) is 9.80 Å². The SMILES string of the molecule is Cc1ccc(CN(C(=O)CCCN2C(=O)c3cccc4cccc2c34)[C@H](Cc2ccccc2)C(=O)NC(C)C)cc1. The summed E-state index contributed by atoms with van der Waals surface area (Å²) in [6, 6.07) is 28.9. The van der Waals surface area contributed by atoms with E-state index in [4.69, 9.17) is 0 Å². The predicted molar refractivity (Wildman–Crippen MR) is 164 cm³/mol. The second-order valence-electron chi connectivity index (χ2n) is 11.1. The molecule has 6 heteroatoms. The minimum absolute atomic E-state index is 0.0287. The predicted octanol–water partition coefficient (Wildman–Crippen LogP) is 6.05. The van der Waals surface area contributed by atoms with Crippen LogP contribution in [0.2, 0.25) is 0 Å². The Labute approximate surface area is 242 Å². The van der Waals surface area contributed by atoms with E-state index >= 15 is 0 Å². The molecule has 0 fully saturated rings. The van der Waals surface area contributed by atoms with E-state index in [2.05, 4.69) is 5.32 Å². The molecule has 5 rings (SSSR count). The Bertz CT molecular complexity index is 1540. The maximum atomic E-state index is 13.9. The van der Waals surface area contributed by atoms with E-state index in [1.165, 1.54) is 0 Å². The van der Waals surface area contributed by atoms with Gasteiger partial charge in [-0.25, -0.2) is 0 Å². The first kappa shape index (κ1) is 28.1. The van der Waals surface area contributed by atoms with Crippen LogP contribution in [0, 0.1) is 6.92 Å². The molecule has 1 heterocycles. The van der Waals surface area contributed by atoms with Crippen LogP contribution >= 0.6 is 0 Å². The lowest BCUT2D eigenvalue weighted by atomic mass is 10.0. The number of hydrogen-bond acceptors (Lipinski definition) is 3. The highest BCUT2D eigenvalue weighted by atomic mass is 16.2. The standard InChI is InChI=1S/C35H37N3O3/c1-24(2)36-34(40)31(22-26-10-5-4-6-11-26)38(23-27-19-17-25(3)18-20-27)32(39)16-9-21-37-30-15-8-13-28-12-7-14-29(33(28)30)35(37)41/h4-8,10-15,17-20,24,31H,9,16,21-23H2,1-3H3,(H,36,40)/t31-/m1/s1. The molecule has 4 aromatic carbocycles. The number of carbonyl (C=O) groups is 3. The molecule has 6 nitrogen and oxygen atoms in total. The van der Waals surface area contributed by atoms with E-state index in [0.717, 1.165) is 33.2 Å². The Kier molecular flexibility index (Phi) is 8.48. The molecule has 3 amide bonds. The van der Waals surface area contributed by atoms with Crippen LogP contribution in [0.25, 0.3) is 10.8 Å². The monoisotopic (exact) mass is 547 g/mol. The number of hydrogen-bond donors (Lipinski definition) is 1. The van der Waals surface area contributed by atoms with Crippen LogP contribution < -0.4 is 10.2 Å². The van der Waals surface area contributed by atoms with Gasteiger partial charge in [-0.1, -0.05) is 84.4 Å². The molecule has 0 saturated heterocycles. The summed E-state index contributed by atoms with van der Waals surface area (Å²) in [6.45, 7) is 6.64. The molecule has 41 heavy (non-hydrogen) atoms. The van der Waals surface area contributed by atoms with Crippen LogP contribution in [0.1, 0.15) is 53.7 Å². The third-order valence-corrected chi connectivity index (χ3v) is 7.60. The third kappa shape index (κ3) is 6.32. The highest BCUT2D eigenvalue weighted by Crippen LogP contribution is 2.37. The van der Waals surface area contributed by atoms with Crippen molar-refractivity contribution >= 4 is 34.2 Å². The second kappa shape index (κ2) is 12.4. The van der Waals surface area contributed by atoms with Gasteiger partial charge in [-0.05, 0) is 55.8 Å². The van der Waals surface area contributed by atoms with Gasteiger partial charge in [0.1, 0.15) is 6.04 Å². The van der Waals surface area contributed by atoms with Gasteiger partial charge in [0.15, 0.2) is 0 Å². The highest BCUT2D eigenvalue weighted by Gasteiger charge is 2.32. The second-order valence-corrected chi connectivity index (χ2v) is 11.1. The molecule has 210 valence electrons. The lowest BCUT2D eigenvalue weighted by Crippen LogP contribution is -2.51.